The zero-order valence-corrected chi connectivity index (χ0v) is 42.0. The van der Waals surface area contributed by atoms with Gasteiger partial charge in [0.25, 0.3) is 0 Å². The topological polar surface area (TPSA) is 6.48 Å². The molecule has 12 rings (SSSR count). The van der Waals surface area contributed by atoms with Crippen molar-refractivity contribution in [3.8, 4) is 44.5 Å². The van der Waals surface area contributed by atoms with Crippen LogP contribution in [0.15, 0.2) is 182 Å². The quantitative estimate of drug-likeness (QED) is 0.159. The Balaban J connectivity index is 1.25. The highest BCUT2D eigenvalue weighted by molar-refractivity contribution is 7.26. The Kier molecular flexibility index (Phi) is 9.99. The predicted octanol–water partition coefficient (Wildman–Crippen LogP) is 17.3. The van der Waals surface area contributed by atoms with Crippen LogP contribution in [0.25, 0.3) is 64.7 Å². The van der Waals surface area contributed by atoms with Crippen LogP contribution in [0.1, 0.15) is 69.4 Å². The number of rotatable bonds is 5. The molecule has 10 aromatic rings. The van der Waals surface area contributed by atoms with Crippen LogP contribution in [0.3, 0.4) is 0 Å². The lowest BCUT2D eigenvalue weighted by atomic mass is 9.43. The largest absolute Gasteiger partial charge is 0.376 e. The lowest BCUT2D eigenvalue weighted by Crippen LogP contribution is -2.61. The van der Waals surface area contributed by atoms with Gasteiger partial charge in [-0.15, -0.1) is 11.3 Å². The van der Waals surface area contributed by atoms with E-state index in [0.29, 0.717) is 0 Å². The van der Waals surface area contributed by atoms with E-state index >= 15 is 0 Å². The van der Waals surface area contributed by atoms with Gasteiger partial charge in [-0.1, -0.05) is 168 Å². The third-order valence-corrected chi connectivity index (χ3v) is 15.9. The van der Waals surface area contributed by atoms with Gasteiger partial charge < -0.3 is 9.71 Å². The van der Waals surface area contributed by atoms with Crippen molar-refractivity contribution in [3.63, 3.8) is 0 Å². The van der Waals surface area contributed by atoms with Crippen molar-refractivity contribution in [3.05, 3.63) is 210 Å². The van der Waals surface area contributed by atoms with E-state index in [0.717, 1.165) is 0 Å². The molecule has 0 amide bonds. The maximum Gasteiger partial charge on any atom is 0.333 e. The first-order valence-electron chi connectivity index (χ1n) is 24.5. The molecule has 0 saturated carbocycles. The van der Waals surface area contributed by atoms with E-state index in [4.69, 9.17) is 0 Å². The Bertz CT molecular complexity index is 3640. The first kappa shape index (κ1) is 43.2. The molecule has 0 radical (unpaired) electrons. The van der Waals surface area contributed by atoms with Gasteiger partial charge in [-0.2, -0.15) is 0 Å². The summed E-state index contributed by atoms with van der Waals surface area (Å²) in [4.78, 5) is 5.32. The number of aryl methyl sites for hydroxylation is 3. The molecule has 0 spiro atoms. The lowest BCUT2D eigenvalue weighted by molar-refractivity contribution is 0.590. The average Bonchev–Trinajstić information content (AvgIpc) is 3.70. The number of nitrogens with zero attached hydrogens (tertiary/aromatic N) is 2. The molecule has 2 aliphatic heterocycles. The molecule has 0 unspecified atom stereocenters. The minimum absolute atomic E-state index is 0.0217. The van der Waals surface area contributed by atoms with E-state index in [2.05, 4.69) is 254 Å². The van der Waals surface area contributed by atoms with E-state index in [9.17, 15) is 0 Å². The standard InChI is InChI=1S/C65H57BN2S/c1-40-32-41(2)62(42(3)33-40)46-35-54-52-34-45(43-18-12-10-13-19-43)24-30-57(52)68(49-28-25-47(26-29-49)64(4,5)6)66-55-38-53-50-22-16-17-23-60(50)69-61(53)39-58(55)67(59(36-46)63(54)66)56-31-27-48(65(7,8)9)37-51(56)44-20-14-11-15-21-44/h10-39H,1-9H3. The maximum absolute atomic E-state index is 2.67. The molecule has 1 aromatic heterocycles. The maximum atomic E-state index is 2.67. The summed E-state index contributed by atoms with van der Waals surface area (Å²) < 4.78 is 2.60. The Morgan fingerprint density at radius 2 is 1.04 bits per heavy atom. The van der Waals surface area contributed by atoms with Gasteiger partial charge in [0.1, 0.15) is 0 Å². The van der Waals surface area contributed by atoms with Crippen LogP contribution in [0, 0.1) is 20.8 Å². The molecule has 0 atom stereocenters. The zero-order chi connectivity index (χ0) is 47.5. The lowest BCUT2D eigenvalue weighted by Gasteiger charge is -2.46. The van der Waals surface area contributed by atoms with Gasteiger partial charge in [0.15, 0.2) is 0 Å². The fourth-order valence-corrected chi connectivity index (χ4v) is 12.6. The zero-order valence-electron chi connectivity index (χ0n) is 41.2. The summed E-state index contributed by atoms with van der Waals surface area (Å²) in [6.07, 6.45) is 0. The minimum atomic E-state index is -0.136. The van der Waals surface area contributed by atoms with Crippen molar-refractivity contribution in [1.29, 1.82) is 0 Å². The van der Waals surface area contributed by atoms with Gasteiger partial charge in [-0.3, -0.25) is 0 Å². The molecular weight excluding hydrogens is 852 g/mol. The second kappa shape index (κ2) is 16.0. The first-order valence-corrected chi connectivity index (χ1v) is 25.3. The van der Waals surface area contributed by atoms with Crippen LogP contribution in [-0.4, -0.2) is 6.85 Å². The summed E-state index contributed by atoms with van der Waals surface area (Å²) >= 11 is 1.90. The molecule has 69 heavy (non-hydrogen) atoms. The summed E-state index contributed by atoms with van der Waals surface area (Å²) in [5.74, 6) is 0. The summed E-state index contributed by atoms with van der Waals surface area (Å²) in [5.41, 5.74) is 25.0. The van der Waals surface area contributed by atoms with Gasteiger partial charge in [0, 0.05) is 54.0 Å². The number of fused-ring (bicyclic) bond motifs is 7. The van der Waals surface area contributed by atoms with Crippen LogP contribution < -0.4 is 20.6 Å². The van der Waals surface area contributed by atoms with E-state index in [1.54, 1.807) is 0 Å². The number of anilines is 5. The Morgan fingerprint density at radius 3 is 1.74 bits per heavy atom. The highest BCUT2D eigenvalue weighted by Crippen LogP contribution is 2.52. The molecular formula is C65H57BN2S. The Hall–Kier alpha value is -7.14. The second-order valence-electron chi connectivity index (χ2n) is 21.6. The average molecular weight is 909 g/mol. The van der Waals surface area contributed by atoms with Gasteiger partial charge in [-0.05, 0) is 159 Å². The van der Waals surface area contributed by atoms with Crippen LogP contribution in [0.2, 0.25) is 0 Å². The van der Waals surface area contributed by atoms with Crippen molar-refractivity contribution in [2.45, 2.75) is 73.1 Å². The summed E-state index contributed by atoms with van der Waals surface area (Å²) in [7, 11) is 0. The molecule has 0 bridgehead atoms. The molecule has 0 fully saturated rings. The molecule has 2 aliphatic rings. The second-order valence-corrected chi connectivity index (χ2v) is 22.7. The van der Waals surface area contributed by atoms with Crippen LogP contribution in [-0.2, 0) is 10.8 Å². The van der Waals surface area contributed by atoms with Crippen molar-refractivity contribution < 1.29 is 0 Å². The normalized spacial score (nSPS) is 13.2. The highest BCUT2D eigenvalue weighted by atomic mass is 32.1. The number of thiophene rings is 1. The van der Waals surface area contributed by atoms with E-state index in [1.807, 2.05) is 11.3 Å². The highest BCUT2D eigenvalue weighted by Gasteiger charge is 2.46. The molecule has 0 saturated heterocycles. The molecule has 0 aliphatic carbocycles. The molecule has 2 nitrogen and oxygen atoms in total. The summed E-state index contributed by atoms with van der Waals surface area (Å²) in [5, 5.41) is 2.62. The fraction of sp³-hybridized carbons (Fsp3) is 0.169. The van der Waals surface area contributed by atoms with Gasteiger partial charge >= 0.3 is 6.85 Å². The van der Waals surface area contributed by atoms with Crippen molar-refractivity contribution >= 4 is 77.7 Å². The Labute approximate surface area is 412 Å². The predicted molar refractivity (Wildman–Crippen MR) is 301 cm³/mol. The van der Waals surface area contributed by atoms with Gasteiger partial charge in [-0.25, -0.2) is 0 Å². The molecule has 9 aromatic carbocycles. The fourth-order valence-electron chi connectivity index (χ4n) is 11.5. The SMILES string of the molecule is Cc1cc(C)c(-c2cc3c4c(c2)N(c2ccc(C(C)(C)C)cc2-c2ccccc2)c2cc5sc6ccccc6c5cc2B4N(c2ccc(C(C)(C)C)cc2)c2ccc(-c4ccccc4)cc2-3)c(C)c1. The van der Waals surface area contributed by atoms with E-state index in [1.165, 1.54) is 132 Å². The van der Waals surface area contributed by atoms with Gasteiger partial charge in [0.2, 0.25) is 0 Å². The Morgan fingerprint density at radius 1 is 0.420 bits per heavy atom. The van der Waals surface area contributed by atoms with Gasteiger partial charge in [0.05, 0.1) is 5.69 Å². The van der Waals surface area contributed by atoms with Crippen LogP contribution >= 0.6 is 11.3 Å². The third-order valence-electron chi connectivity index (χ3n) is 14.8. The minimum Gasteiger partial charge on any atom is -0.376 e. The smallest absolute Gasteiger partial charge is 0.333 e. The summed E-state index contributed by atoms with van der Waals surface area (Å²) in [6, 6.07) is 69.7. The first-order chi connectivity index (χ1) is 33.2. The van der Waals surface area contributed by atoms with Crippen molar-refractivity contribution in [2.75, 3.05) is 9.71 Å². The van der Waals surface area contributed by atoms with Crippen LogP contribution in [0.4, 0.5) is 28.4 Å². The van der Waals surface area contributed by atoms with Crippen molar-refractivity contribution in [1.82, 2.24) is 0 Å². The molecule has 4 heteroatoms. The number of benzene rings is 9. The third kappa shape index (κ3) is 7.14. The molecule has 0 N–H and O–H groups in total. The van der Waals surface area contributed by atoms with E-state index in [-0.39, 0.29) is 17.7 Å². The molecule has 336 valence electrons. The number of hydrogen-bond acceptors (Lipinski definition) is 3. The number of hydrogen-bond donors (Lipinski definition) is 0. The van der Waals surface area contributed by atoms with Crippen LogP contribution in [0.5, 0.6) is 0 Å². The monoisotopic (exact) mass is 908 g/mol. The van der Waals surface area contributed by atoms with E-state index < -0.39 is 0 Å². The van der Waals surface area contributed by atoms with Crippen molar-refractivity contribution in [2.24, 2.45) is 0 Å². The molecule has 3 heterocycles. The summed E-state index contributed by atoms with van der Waals surface area (Å²) in [6.45, 7) is 20.6.